The van der Waals surface area contributed by atoms with Gasteiger partial charge in [-0.15, -0.1) is 0 Å². The molecule has 0 unspecified atom stereocenters. The molecular weight excluding hydrogens is 454 g/mol. The van der Waals surface area contributed by atoms with Crippen LogP contribution >= 0.6 is 0 Å². The molecule has 2 heterocycles. The summed E-state index contributed by atoms with van der Waals surface area (Å²) in [5, 5.41) is 0. The number of fused-ring (bicyclic) bond motifs is 4. The number of nitrogens with zero attached hydrogens (tertiary/aromatic N) is 3. The van der Waals surface area contributed by atoms with Crippen LogP contribution in [-0.2, 0) is 40.4 Å². The van der Waals surface area contributed by atoms with Gasteiger partial charge >= 0.3 is 0 Å². The van der Waals surface area contributed by atoms with Gasteiger partial charge in [0.15, 0.2) is 0 Å². The number of carbonyl (C=O) groups is 1. The molecule has 7 heteroatoms. The van der Waals surface area contributed by atoms with E-state index in [2.05, 4.69) is 35.3 Å². The number of benzene rings is 3. The van der Waals surface area contributed by atoms with Crippen LogP contribution in [-0.4, -0.2) is 53.8 Å². The molecule has 5 rings (SSSR count). The monoisotopic (exact) mass is 485 g/mol. The molecule has 0 atom stereocenters. The summed E-state index contributed by atoms with van der Waals surface area (Å²) in [7, 11) is 1.64. The van der Waals surface area contributed by atoms with Crippen molar-refractivity contribution < 1.29 is 19.0 Å². The van der Waals surface area contributed by atoms with Crippen LogP contribution in [0, 0.1) is 0 Å². The Hall–Kier alpha value is -3.68. The second kappa shape index (κ2) is 11.4. The number of imidazole rings is 1. The molecule has 0 radical (unpaired) electrons. The minimum Gasteiger partial charge on any atom is -0.491 e. The third kappa shape index (κ3) is 5.58. The molecule has 0 saturated carbocycles. The van der Waals surface area contributed by atoms with Crippen LogP contribution in [0.1, 0.15) is 22.5 Å². The molecule has 1 aromatic heterocycles. The molecule has 0 aliphatic carbocycles. The summed E-state index contributed by atoms with van der Waals surface area (Å²) in [4.78, 5) is 20.2. The molecule has 3 aromatic carbocycles. The Balaban J connectivity index is 1.40. The summed E-state index contributed by atoms with van der Waals surface area (Å²) in [5.74, 6) is 1.64. The molecule has 0 N–H and O–H groups in total. The van der Waals surface area contributed by atoms with Gasteiger partial charge in [-0.1, -0.05) is 54.6 Å². The second-order valence-electron chi connectivity index (χ2n) is 8.92. The highest BCUT2D eigenvalue weighted by Gasteiger charge is 2.19. The molecule has 2 bridgehead atoms. The standard InChI is InChI=1S/C29H31N3O4/c1-34-21-28-30-25-10-3-4-11-26(25)32(28)20-29(33)31-13-14-35-15-16-36-27-12-5-2-9-24(27)18-22-7-6-8-23(17-22)19-31/h2-12,17H,13-16,18-21H2,1H3. The van der Waals surface area contributed by atoms with Gasteiger partial charge in [0.25, 0.3) is 0 Å². The van der Waals surface area contributed by atoms with E-state index in [1.54, 1.807) is 7.11 Å². The number of hydrogen-bond donors (Lipinski definition) is 0. The van der Waals surface area contributed by atoms with Crippen LogP contribution in [0.2, 0.25) is 0 Å². The Bertz CT molecular complexity index is 1330. The summed E-state index contributed by atoms with van der Waals surface area (Å²) in [6, 6.07) is 24.4. The summed E-state index contributed by atoms with van der Waals surface area (Å²) in [6.07, 6.45) is 0.764. The molecule has 4 aromatic rings. The SMILES string of the molecule is COCc1nc2ccccc2n1CC(=O)N1CCOCCOc2ccccc2Cc2cccc(c2)C1. The lowest BCUT2D eigenvalue weighted by Crippen LogP contribution is -2.36. The van der Waals surface area contributed by atoms with Gasteiger partial charge in [0.2, 0.25) is 5.91 Å². The lowest BCUT2D eigenvalue weighted by Gasteiger charge is -2.24. The summed E-state index contributed by atoms with van der Waals surface area (Å²) in [6.45, 7) is 2.90. The van der Waals surface area contributed by atoms with E-state index in [0.29, 0.717) is 39.5 Å². The normalized spacial score (nSPS) is 14.6. The minimum atomic E-state index is 0.0122. The van der Waals surface area contributed by atoms with Crippen LogP contribution in [0.5, 0.6) is 5.75 Å². The fourth-order valence-electron chi connectivity index (χ4n) is 4.62. The third-order valence-electron chi connectivity index (χ3n) is 6.38. The zero-order valence-electron chi connectivity index (χ0n) is 20.6. The van der Waals surface area contributed by atoms with E-state index < -0.39 is 0 Å². The predicted octanol–water partition coefficient (Wildman–Crippen LogP) is 4.21. The quantitative estimate of drug-likeness (QED) is 0.433. The van der Waals surface area contributed by atoms with Gasteiger partial charge in [-0.05, 0) is 34.9 Å². The average molecular weight is 486 g/mol. The smallest absolute Gasteiger partial charge is 0.242 e. The van der Waals surface area contributed by atoms with Crippen molar-refractivity contribution in [2.75, 3.05) is 33.5 Å². The summed E-state index contributed by atoms with van der Waals surface area (Å²) in [5.41, 5.74) is 5.19. The number of rotatable bonds is 4. The van der Waals surface area contributed by atoms with Gasteiger partial charge in [-0.3, -0.25) is 4.79 Å². The number of ether oxygens (including phenoxy) is 3. The van der Waals surface area contributed by atoms with E-state index in [1.165, 1.54) is 5.56 Å². The van der Waals surface area contributed by atoms with Crippen molar-refractivity contribution in [3.05, 3.63) is 95.3 Å². The van der Waals surface area contributed by atoms with Crippen LogP contribution < -0.4 is 4.74 Å². The highest BCUT2D eigenvalue weighted by Crippen LogP contribution is 2.23. The van der Waals surface area contributed by atoms with E-state index >= 15 is 0 Å². The molecule has 1 aliphatic heterocycles. The molecule has 1 amide bonds. The fraction of sp³-hybridized carbons (Fsp3) is 0.310. The van der Waals surface area contributed by atoms with Crippen LogP contribution in [0.4, 0.5) is 0 Å². The topological polar surface area (TPSA) is 65.8 Å². The number of amides is 1. The van der Waals surface area contributed by atoms with Crippen LogP contribution in [0.15, 0.2) is 72.8 Å². The van der Waals surface area contributed by atoms with Crippen molar-refractivity contribution in [3.8, 4) is 5.75 Å². The van der Waals surface area contributed by atoms with Gasteiger partial charge in [0.1, 0.15) is 31.3 Å². The van der Waals surface area contributed by atoms with Gasteiger partial charge in [-0.2, -0.15) is 0 Å². The van der Waals surface area contributed by atoms with E-state index in [1.807, 2.05) is 51.9 Å². The first-order valence-electron chi connectivity index (χ1n) is 12.3. The van der Waals surface area contributed by atoms with Crippen molar-refractivity contribution in [1.29, 1.82) is 0 Å². The van der Waals surface area contributed by atoms with E-state index in [4.69, 9.17) is 14.2 Å². The van der Waals surface area contributed by atoms with Crippen molar-refractivity contribution in [2.24, 2.45) is 0 Å². The number of methoxy groups -OCH3 is 1. The number of carbonyl (C=O) groups excluding carboxylic acids is 1. The van der Waals surface area contributed by atoms with E-state index in [-0.39, 0.29) is 12.5 Å². The average Bonchev–Trinajstić information content (AvgIpc) is 3.23. The Labute approximate surface area is 211 Å². The van der Waals surface area contributed by atoms with Gasteiger partial charge < -0.3 is 23.7 Å². The van der Waals surface area contributed by atoms with Crippen LogP contribution in [0.25, 0.3) is 11.0 Å². The minimum absolute atomic E-state index is 0.0122. The molecule has 1 aliphatic rings. The van der Waals surface area contributed by atoms with Crippen molar-refractivity contribution >= 4 is 16.9 Å². The molecule has 36 heavy (non-hydrogen) atoms. The molecule has 0 saturated heterocycles. The lowest BCUT2D eigenvalue weighted by molar-refractivity contribution is -0.133. The van der Waals surface area contributed by atoms with Crippen molar-refractivity contribution in [2.45, 2.75) is 26.1 Å². The zero-order valence-corrected chi connectivity index (χ0v) is 20.6. The second-order valence-corrected chi connectivity index (χ2v) is 8.92. The Morgan fingerprint density at radius 1 is 0.972 bits per heavy atom. The maximum atomic E-state index is 13.6. The first-order valence-corrected chi connectivity index (χ1v) is 12.3. The molecule has 7 nitrogen and oxygen atoms in total. The Morgan fingerprint density at radius 2 is 1.81 bits per heavy atom. The van der Waals surface area contributed by atoms with Gasteiger partial charge in [-0.25, -0.2) is 4.98 Å². The highest BCUT2D eigenvalue weighted by molar-refractivity contribution is 5.81. The first kappa shape index (κ1) is 24.0. The highest BCUT2D eigenvalue weighted by atomic mass is 16.5. The van der Waals surface area contributed by atoms with E-state index in [0.717, 1.165) is 40.2 Å². The third-order valence-corrected chi connectivity index (χ3v) is 6.38. The molecule has 0 spiro atoms. The lowest BCUT2D eigenvalue weighted by atomic mass is 10.0. The largest absolute Gasteiger partial charge is 0.491 e. The Morgan fingerprint density at radius 3 is 2.72 bits per heavy atom. The number of hydrogen-bond acceptors (Lipinski definition) is 5. The van der Waals surface area contributed by atoms with Crippen molar-refractivity contribution in [3.63, 3.8) is 0 Å². The predicted molar refractivity (Wildman–Crippen MR) is 138 cm³/mol. The van der Waals surface area contributed by atoms with Gasteiger partial charge in [0.05, 0.1) is 24.2 Å². The maximum Gasteiger partial charge on any atom is 0.242 e. The van der Waals surface area contributed by atoms with Crippen molar-refractivity contribution in [1.82, 2.24) is 14.5 Å². The maximum absolute atomic E-state index is 13.6. The van der Waals surface area contributed by atoms with Gasteiger partial charge in [0, 0.05) is 26.6 Å². The van der Waals surface area contributed by atoms with Crippen LogP contribution in [0.3, 0.4) is 0 Å². The molecular formula is C29H31N3O4. The molecule has 0 fully saturated rings. The Kier molecular flexibility index (Phi) is 7.59. The fourth-order valence-corrected chi connectivity index (χ4v) is 4.62. The first-order chi connectivity index (χ1) is 17.7. The summed E-state index contributed by atoms with van der Waals surface area (Å²) >= 11 is 0. The number of aromatic nitrogens is 2. The summed E-state index contributed by atoms with van der Waals surface area (Å²) < 4.78 is 19.1. The molecule has 186 valence electrons. The van der Waals surface area contributed by atoms with E-state index in [9.17, 15) is 4.79 Å². The number of para-hydroxylation sites is 3. The zero-order chi connectivity index (χ0) is 24.7.